The molecule has 1 aromatic carbocycles. The Morgan fingerprint density at radius 1 is 1.04 bits per heavy atom. The van der Waals surface area contributed by atoms with Crippen LogP contribution in [-0.4, -0.2) is 32.1 Å². The Bertz CT molecular complexity index is 935. The second kappa shape index (κ2) is 6.93. The number of hydrogen-bond acceptors (Lipinski definition) is 6. The lowest BCUT2D eigenvalue weighted by Crippen LogP contribution is -2.19. The molecule has 0 unspecified atom stereocenters. The summed E-state index contributed by atoms with van der Waals surface area (Å²) in [6.45, 7) is -0.240. The first-order valence-electron chi connectivity index (χ1n) is 7.24. The number of aromatic carboxylic acids is 1. The molecule has 25 heavy (non-hydrogen) atoms. The minimum Gasteiger partial charge on any atom is -0.476 e. The summed E-state index contributed by atoms with van der Waals surface area (Å²) in [5, 5.41) is 20.9. The molecule has 3 rings (SSSR count). The zero-order valence-corrected chi connectivity index (χ0v) is 12.8. The number of anilines is 1. The first-order chi connectivity index (χ1) is 12.1. The standard InChI is InChI=1S/C17H13N3O5/c21-9-10-5-6-13(25-10)11-3-1-2-4-12(11)20-16(22)14-15(17(23)24)19-8-7-18-14/h1-8,21H,9H2,(H,20,22)(H,23,24). The number of furan rings is 1. The van der Waals surface area contributed by atoms with E-state index in [9.17, 15) is 9.59 Å². The molecule has 0 aliphatic rings. The van der Waals surface area contributed by atoms with E-state index in [1.165, 1.54) is 12.4 Å². The summed E-state index contributed by atoms with van der Waals surface area (Å²) in [4.78, 5) is 31.1. The normalized spacial score (nSPS) is 10.4. The molecule has 2 aromatic heterocycles. The van der Waals surface area contributed by atoms with E-state index in [1.807, 2.05) is 0 Å². The number of hydrogen-bond donors (Lipinski definition) is 3. The van der Waals surface area contributed by atoms with Crippen molar-refractivity contribution in [2.45, 2.75) is 6.61 Å². The number of carbonyl (C=O) groups is 2. The van der Waals surface area contributed by atoms with Crippen LogP contribution in [0.5, 0.6) is 0 Å². The van der Waals surface area contributed by atoms with Gasteiger partial charge >= 0.3 is 5.97 Å². The van der Waals surface area contributed by atoms with Gasteiger partial charge in [-0.1, -0.05) is 12.1 Å². The number of aromatic nitrogens is 2. The van der Waals surface area contributed by atoms with E-state index in [0.717, 1.165) is 0 Å². The van der Waals surface area contributed by atoms with Gasteiger partial charge in [-0.3, -0.25) is 4.79 Å². The molecule has 0 aliphatic carbocycles. The molecule has 8 nitrogen and oxygen atoms in total. The third kappa shape index (κ3) is 3.38. The summed E-state index contributed by atoms with van der Waals surface area (Å²) < 4.78 is 5.49. The van der Waals surface area contributed by atoms with Gasteiger partial charge in [0.2, 0.25) is 0 Å². The zero-order valence-electron chi connectivity index (χ0n) is 12.8. The maximum absolute atomic E-state index is 12.4. The van der Waals surface area contributed by atoms with E-state index in [0.29, 0.717) is 22.8 Å². The van der Waals surface area contributed by atoms with Gasteiger partial charge in [0.25, 0.3) is 5.91 Å². The predicted molar refractivity (Wildman–Crippen MR) is 87.0 cm³/mol. The Hall–Kier alpha value is -3.52. The Morgan fingerprint density at radius 3 is 2.44 bits per heavy atom. The number of benzene rings is 1. The SMILES string of the molecule is O=C(O)c1nccnc1C(=O)Nc1ccccc1-c1ccc(CO)o1. The summed E-state index contributed by atoms with van der Waals surface area (Å²) in [6, 6.07) is 10.1. The third-order valence-electron chi connectivity index (χ3n) is 3.37. The van der Waals surface area contributed by atoms with Crippen molar-refractivity contribution in [3.05, 3.63) is 65.9 Å². The number of rotatable bonds is 5. The van der Waals surface area contributed by atoms with Crippen molar-refractivity contribution >= 4 is 17.6 Å². The van der Waals surface area contributed by atoms with Crippen LogP contribution in [0.4, 0.5) is 5.69 Å². The van der Waals surface area contributed by atoms with Crippen LogP contribution in [0.25, 0.3) is 11.3 Å². The molecule has 0 bridgehead atoms. The number of nitrogens with one attached hydrogen (secondary N) is 1. The van der Waals surface area contributed by atoms with Crippen LogP contribution >= 0.6 is 0 Å². The van der Waals surface area contributed by atoms with Gasteiger partial charge in [0.05, 0.1) is 5.69 Å². The van der Waals surface area contributed by atoms with Crippen LogP contribution in [0, 0.1) is 0 Å². The van der Waals surface area contributed by atoms with Gasteiger partial charge in [-0.25, -0.2) is 14.8 Å². The molecule has 126 valence electrons. The first kappa shape index (κ1) is 16.3. The molecule has 0 atom stereocenters. The highest BCUT2D eigenvalue weighted by molar-refractivity contribution is 6.09. The molecule has 8 heteroatoms. The second-order valence-electron chi connectivity index (χ2n) is 4.98. The van der Waals surface area contributed by atoms with Crippen LogP contribution in [0.15, 0.2) is 53.2 Å². The van der Waals surface area contributed by atoms with Crippen LogP contribution in [-0.2, 0) is 6.61 Å². The van der Waals surface area contributed by atoms with E-state index in [2.05, 4.69) is 15.3 Å². The fourth-order valence-electron chi connectivity index (χ4n) is 2.26. The number of carboxylic acids is 1. The molecule has 1 amide bonds. The van der Waals surface area contributed by atoms with E-state index >= 15 is 0 Å². The predicted octanol–water partition coefficient (Wildman–Crippen LogP) is 2.18. The van der Waals surface area contributed by atoms with Crippen LogP contribution in [0.3, 0.4) is 0 Å². The summed E-state index contributed by atoms with van der Waals surface area (Å²) in [5.74, 6) is -1.20. The number of carboxylic acid groups (broad SMARTS) is 1. The molecule has 0 fully saturated rings. The van der Waals surface area contributed by atoms with Crippen molar-refractivity contribution in [2.24, 2.45) is 0 Å². The molecule has 2 heterocycles. The van der Waals surface area contributed by atoms with Crippen LogP contribution in [0.2, 0.25) is 0 Å². The van der Waals surface area contributed by atoms with Crippen molar-refractivity contribution < 1.29 is 24.2 Å². The van der Waals surface area contributed by atoms with Gasteiger partial charge in [0, 0.05) is 18.0 Å². The smallest absolute Gasteiger partial charge is 0.356 e. The lowest BCUT2D eigenvalue weighted by molar-refractivity contribution is 0.0685. The minimum atomic E-state index is -1.34. The van der Waals surface area contributed by atoms with Gasteiger partial charge in [0.1, 0.15) is 18.1 Å². The summed E-state index contributed by atoms with van der Waals surface area (Å²) in [6.07, 6.45) is 2.45. The number of amides is 1. The van der Waals surface area contributed by atoms with Crippen molar-refractivity contribution in [1.82, 2.24) is 9.97 Å². The number of para-hydroxylation sites is 1. The van der Waals surface area contributed by atoms with Gasteiger partial charge in [-0.05, 0) is 24.3 Å². The van der Waals surface area contributed by atoms with Crippen molar-refractivity contribution in [3.8, 4) is 11.3 Å². The largest absolute Gasteiger partial charge is 0.476 e. The molecule has 0 spiro atoms. The minimum absolute atomic E-state index is 0.240. The van der Waals surface area contributed by atoms with Gasteiger partial charge in [0.15, 0.2) is 11.4 Å². The number of nitrogens with zero attached hydrogens (tertiary/aromatic N) is 2. The molecule has 0 radical (unpaired) electrons. The Balaban J connectivity index is 1.94. The van der Waals surface area contributed by atoms with Crippen LogP contribution in [0.1, 0.15) is 26.7 Å². The monoisotopic (exact) mass is 339 g/mol. The van der Waals surface area contributed by atoms with Crippen molar-refractivity contribution in [1.29, 1.82) is 0 Å². The summed E-state index contributed by atoms with van der Waals surface area (Å²) >= 11 is 0. The van der Waals surface area contributed by atoms with Crippen LogP contribution < -0.4 is 5.32 Å². The van der Waals surface area contributed by atoms with Gasteiger partial charge < -0.3 is 19.9 Å². The Morgan fingerprint density at radius 2 is 1.76 bits per heavy atom. The average molecular weight is 339 g/mol. The summed E-state index contributed by atoms with van der Waals surface area (Å²) in [5.41, 5.74) is 0.267. The topological polar surface area (TPSA) is 126 Å². The van der Waals surface area contributed by atoms with Crippen molar-refractivity contribution in [3.63, 3.8) is 0 Å². The average Bonchev–Trinajstić information content (AvgIpc) is 3.11. The summed E-state index contributed by atoms with van der Waals surface area (Å²) in [7, 11) is 0. The molecular formula is C17H13N3O5. The van der Waals surface area contributed by atoms with Crippen molar-refractivity contribution in [2.75, 3.05) is 5.32 Å². The highest BCUT2D eigenvalue weighted by Crippen LogP contribution is 2.29. The highest BCUT2D eigenvalue weighted by atomic mass is 16.4. The maximum Gasteiger partial charge on any atom is 0.356 e. The van der Waals surface area contributed by atoms with Gasteiger partial charge in [-0.15, -0.1) is 0 Å². The zero-order chi connectivity index (χ0) is 17.8. The van der Waals surface area contributed by atoms with E-state index in [1.54, 1.807) is 36.4 Å². The van der Waals surface area contributed by atoms with Gasteiger partial charge in [-0.2, -0.15) is 0 Å². The maximum atomic E-state index is 12.4. The number of aliphatic hydroxyl groups excluding tert-OH is 1. The highest BCUT2D eigenvalue weighted by Gasteiger charge is 2.20. The molecular weight excluding hydrogens is 326 g/mol. The Labute approximate surface area is 141 Å². The quantitative estimate of drug-likeness (QED) is 0.650. The Kier molecular flexibility index (Phi) is 4.53. The lowest BCUT2D eigenvalue weighted by Gasteiger charge is -2.10. The third-order valence-corrected chi connectivity index (χ3v) is 3.37. The second-order valence-corrected chi connectivity index (χ2v) is 4.98. The van der Waals surface area contributed by atoms with E-state index in [4.69, 9.17) is 14.6 Å². The van der Waals surface area contributed by atoms with E-state index in [-0.39, 0.29) is 12.3 Å². The lowest BCUT2D eigenvalue weighted by atomic mass is 10.1. The molecule has 0 saturated carbocycles. The molecule has 0 aliphatic heterocycles. The first-order valence-corrected chi connectivity index (χ1v) is 7.24. The number of aliphatic hydroxyl groups is 1. The fraction of sp³-hybridized carbons (Fsp3) is 0.0588. The fourth-order valence-corrected chi connectivity index (χ4v) is 2.26. The molecule has 3 N–H and O–H groups in total. The van der Waals surface area contributed by atoms with E-state index < -0.39 is 17.6 Å². The number of carbonyl (C=O) groups excluding carboxylic acids is 1. The molecule has 0 saturated heterocycles. The molecule has 3 aromatic rings.